The Morgan fingerprint density at radius 3 is 2.76 bits per heavy atom. The number of nitrogens with zero attached hydrogens (tertiary/aromatic N) is 6. The van der Waals surface area contributed by atoms with E-state index < -0.39 is 0 Å². The van der Waals surface area contributed by atoms with Gasteiger partial charge in [0.2, 0.25) is 0 Å². The number of rotatable bonds is 6. The summed E-state index contributed by atoms with van der Waals surface area (Å²) in [5, 5.41) is 4.47. The lowest BCUT2D eigenvalue weighted by molar-refractivity contribution is 0.133. The van der Waals surface area contributed by atoms with E-state index in [1.807, 2.05) is 10.9 Å². The van der Waals surface area contributed by atoms with Gasteiger partial charge in [-0.25, -0.2) is 9.97 Å². The summed E-state index contributed by atoms with van der Waals surface area (Å²) < 4.78 is 2.02. The van der Waals surface area contributed by atoms with Crippen LogP contribution in [0.3, 0.4) is 0 Å². The fraction of sp³-hybridized carbons (Fsp3) is 0.696. The highest BCUT2D eigenvalue weighted by Gasteiger charge is 2.32. The van der Waals surface area contributed by atoms with Crippen molar-refractivity contribution in [3.8, 4) is 0 Å². The number of hydrogen-bond acceptors (Lipinski definition) is 5. The molecule has 2 fully saturated rings. The molecule has 1 aliphatic carbocycles. The van der Waals surface area contributed by atoms with Crippen LogP contribution in [0.4, 0.5) is 5.82 Å². The normalized spacial score (nSPS) is 22.7. The van der Waals surface area contributed by atoms with Crippen LogP contribution in [0.15, 0.2) is 12.4 Å². The molecule has 0 aromatic carbocycles. The third kappa shape index (κ3) is 4.04. The average Bonchev–Trinajstić information content (AvgIpc) is 3.44. The lowest BCUT2D eigenvalue weighted by atomic mass is 9.99. The van der Waals surface area contributed by atoms with Gasteiger partial charge in [-0.2, -0.15) is 5.10 Å². The molecule has 0 spiro atoms. The van der Waals surface area contributed by atoms with E-state index in [1.54, 1.807) is 0 Å². The van der Waals surface area contributed by atoms with Gasteiger partial charge in [-0.15, -0.1) is 0 Å². The van der Waals surface area contributed by atoms with E-state index in [2.05, 4.69) is 34.9 Å². The maximum absolute atomic E-state index is 5.23. The molecule has 4 heterocycles. The van der Waals surface area contributed by atoms with Crippen molar-refractivity contribution in [2.24, 2.45) is 5.92 Å². The third-order valence-electron chi connectivity index (χ3n) is 6.85. The van der Waals surface area contributed by atoms with Crippen LogP contribution >= 0.6 is 0 Å². The van der Waals surface area contributed by atoms with E-state index in [0.717, 1.165) is 50.8 Å². The maximum atomic E-state index is 5.23. The van der Waals surface area contributed by atoms with Crippen molar-refractivity contribution in [2.45, 2.75) is 77.9 Å². The predicted octanol–water partition coefficient (Wildman–Crippen LogP) is 3.89. The van der Waals surface area contributed by atoms with Gasteiger partial charge in [0.15, 0.2) is 0 Å². The molecule has 29 heavy (non-hydrogen) atoms. The molecule has 156 valence electrons. The van der Waals surface area contributed by atoms with E-state index in [4.69, 9.17) is 9.97 Å². The minimum absolute atomic E-state index is 0.322. The maximum Gasteiger partial charge on any atom is 0.148 e. The molecular weight excluding hydrogens is 360 g/mol. The molecule has 1 saturated carbocycles. The Bertz CT molecular complexity index is 855. The molecule has 0 amide bonds. The van der Waals surface area contributed by atoms with Gasteiger partial charge < -0.3 is 4.90 Å². The van der Waals surface area contributed by atoms with Crippen LogP contribution in [-0.2, 0) is 19.5 Å². The Kier molecular flexibility index (Phi) is 5.29. The summed E-state index contributed by atoms with van der Waals surface area (Å²) in [6.45, 7) is 9.66. The van der Waals surface area contributed by atoms with Crippen LogP contribution in [0.2, 0.25) is 0 Å². The Morgan fingerprint density at radius 2 is 1.97 bits per heavy atom. The number of anilines is 1. The summed E-state index contributed by atoms with van der Waals surface area (Å²) in [6.07, 6.45) is 13.0. The average molecular weight is 395 g/mol. The Hall–Kier alpha value is -1.95. The molecule has 5 rings (SSSR count). The summed E-state index contributed by atoms with van der Waals surface area (Å²) in [6, 6.07) is 0.322. The predicted molar refractivity (Wildman–Crippen MR) is 115 cm³/mol. The SMILES string of the molecule is CCn1cc(CN2CCCC[C@H]2c2nc(C)c3c(n2)N(CC2CC2)CCC3)cn1. The summed E-state index contributed by atoms with van der Waals surface area (Å²) in [7, 11) is 0. The van der Waals surface area contributed by atoms with Crippen molar-refractivity contribution in [1.29, 1.82) is 0 Å². The number of piperidine rings is 1. The molecule has 0 radical (unpaired) electrons. The second kappa shape index (κ2) is 8.05. The van der Waals surface area contributed by atoms with E-state index >= 15 is 0 Å². The van der Waals surface area contributed by atoms with Crippen LogP contribution in [0.25, 0.3) is 0 Å². The largest absolute Gasteiger partial charge is 0.356 e. The molecule has 0 unspecified atom stereocenters. The van der Waals surface area contributed by atoms with Crippen molar-refractivity contribution in [3.63, 3.8) is 0 Å². The van der Waals surface area contributed by atoms with Crippen LogP contribution < -0.4 is 4.90 Å². The molecule has 2 aliphatic heterocycles. The van der Waals surface area contributed by atoms with Crippen LogP contribution in [-0.4, -0.2) is 44.3 Å². The van der Waals surface area contributed by atoms with E-state index in [-0.39, 0.29) is 0 Å². The molecule has 2 aromatic rings. The van der Waals surface area contributed by atoms with Gasteiger partial charge in [0, 0.05) is 49.2 Å². The van der Waals surface area contributed by atoms with Crippen molar-refractivity contribution in [3.05, 3.63) is 35.0 Å². The van der Waals surface area contributed by atoms with Gasteiger partial charge in [-0.1, -0.05) is 6.42 Å². The topological polar surface area (TPSA) is 50.1 Å². The highest BCUT2D eigenvalue weighted by atomic mass is 15.3. The van der Waals surface area contributed by atoms with Crippen LogP contribution in [0.5, 0.6) is 0 Å². The number of hydrogen-bond donors (Lipinski definition) is 0. The Labute approximate surface area is 174 Å². The molecule has 0 N–H and O–H groups in total. The van der Waals surface area contributed by atoms with Crippen molar-refractivity contribution in [2.75, 3.05) is 24.5 Å². The second-order valence-electron chi connectivity index (χ2n) is 9.15. The first-order chi connectivity index (χ1) is 14.2. The molecule has 1 saturated heterocycles. The summed E-state index contributed by atoms with van der Waals surface area (Å²) in [5.74, 6) is 3.18. The van der Waals surface area contributed by atoms with E-state index in [0.29, 0.717) is 6.04 Å². The van der Waals surface area contributed by atoms with Gasteiger partial charge in [0.25, 0.3) is 0 Å². The quantitative estimate of drug-likeness (QED) is 0.744. The Balaban J connectivity index is 1.42. The van der Waals surface area contributed by atoms with Gasteiger partial charge >= 0.3 is 0 Å². The van der Waals surface area contributed by atoms with Crippen molar-refractivity contribution < 1.29 is 0 Å². The molecular formula is C23H34N6. The number of aromatic nitrogens is 4. The van der Waals surface area contributed by atoms with Gasteiger partial charge in [0.05, 0.1) is 12.2 Å². The molecule has 6 heteroatoms. The van der Waals surface area contributed by atoms with E-state index in [9.17, 15) is 0 Å². The zero-order chi connectivity index (χ0) is 19.8. The zero-order valence-corrected chi connectivity index (χ0v) is 18.0. The molecule has 6 nitrogen and oxygen atoms in total. The minimum Gasteiger partial charge on any atom is -0.356 e. The lowest BCUT2D eigenvalue weighted by Gasteiger charge is -2.36. The summed E-state index contributed by atoms with van der Waals surface area (Å²) in [4.78, 5) is 15.4. The number of aryl methyl sites for hydroxylation is 2. The Morgan fingerprint density at radius 1 is 1.07 bits per heavy atom. The smallest absolute Gasteiger partial charge is 0.148 e. The minimum atomic E-state index is 0.322. The fourth-order valence-corrected chi connectivity index (χ4v) is 5.02. The zero-order valence-electron chi connectivity index (χ0n) is 18.0. The molecule has 2 aromatic heterocycles. The van der Waals surface area contributed by atoms with Crippen LogP contribution in [0.1, 0.15) is 74.1 Å². The van der Waals surface area contributed by atoms with Crippen LogP contribution in [0, 0.1) is 12.8 Å². The van der Waals surface area contributed by atoms with Crippen molar-refractivity contribution in [1.82, 2.24) is 24.6 Å². The van der Waals surface area contributed by atoms with E-state index in [1.165, 1.54) is 61.3 Å². The summed E-state index contributed by atoms with van der Waals surface area (Å²) >= 11 is 0. The van der Waals surface area contributed by atoms with Gasteiger partial charge in [-0.3, -0.25) is 9.58 Å². The molecule has 1 atom stereocenters. The summed E-state index contributed by atoms with van der Waals surface area (Å²) in [5.41, 5.74) is 3.89. The van der Waals surface area contributed by atoms with Gasteiger partial charge in [-0.05, 0) is 64.8 Å². The standard InChI is InChI=1S/C23H34N6/c1-3-29-16-19(13-24-29)15-27-11-5-4-8-21(27)22-25-17(2)20-7-6-12-28(23(20)26-22)14-18-9-10-18/h13,16,18,21H,3-12,14-15H2,1-2H3/t21-/m0/s1. The third-order valence-corrected chi connectivity index (χ3v) is 6.85. The van der Waals surface area contributed by atoms with Crippen molar-refractivity contribution >= 4 is 5.82 Å². The first-order valence-corrected chi connectivity index (χ1v) is 11.6. The number of fused-ring (bicyclic) bond motifs is 1. The fourth-order valence-electron chi connectivity index (χ4n) is 5.02. The second-order valence-corrected chi connectivity index (χ2v) is 9.15. The molecule has 0 bridgehead atoms. The first kappa shape index (κ1) is 19.0. The highest BCUT2D eigenvalue weighted by molar-refractivity contribution is 5.51. The number of likely N-dealkylation sites (tertiary alicyclic amines) is 1. The monoisotopic (exact) mass is 394 g/mol. The van der Waals surface area contributed by atoms with Gasteiger partial charge in [0.1, 0.15) is 11.6 Å². The first-order valence-electron chi connectivity index (χ1n) is 11.6. The molecule has 3 aliphatic rings. The highest BCUT2D eigenvalue weighted by Crippen LogP contribution is 2.37. The lowest BCUT2D eigenvalue weighted by Crippen LogP contribution is -2.36.